The van der Waals surface area contributed by atoms with Gasteiger partial charge in [-0.1, -0.05) is 29.8 Å². The molecule has 1 aliphatic heterocycles. The summed E-state index contributed by atoms with van der Waals surface area (Å²) >= 11 is 6.13. The number of piperazine rings is 1. The van der Waals surface area contributed by atoms with E-state index in [-0.39, 0.29) is 17.8 Å². The van der Waals surface area contributed by atoms with Gasteiger partial charge < -0.3 is 9.47 Å². The lowest BCUT2D eigenvalue weighted by molar-refractivity contribution is -0.136. The first kappa shape index (κ1) is 18.9. The quantitative estimate of drug-likeness (QED) is 0.670. The minimum atomic E-state index is -0.329. The molecular weight excluding hydrogens is 379 g/mol. The highest BCUT2D eigenvalue weighted by Gasteiger charge is 2.26. The highest BCUT2D eigenvalue weighted by Crippen LogP contribution is 2.22. The van der Waals surface area contributed by atoms with E-state index in [0.29, 0.717) is 24.7 Å². The number of aromatic nitrogens is 2. The highest BCUT2D eigenvalue weighted by molar-refractivity contribution is 6.31. The molecule has 0 bridgehead atoms. The zero-order valence-electron chi connectivity index (χ0n) is 15.7. The zero-order valence-corrected chi connectivity index (χ0v) is 16.4. The highest BCUT2D eigenvalue weighted by atomic mass is 35.5. The second kappa shape index (κ2) is 7.89. The number of rotatable bonds is 4. The monoisotopic (exact) mass is 400 g/mol. The van der Waals surface area contributed by atoms with Crippen molar-refractivity contribution < 1.29 is 9.18 Å². The van der Waals surface area contributed by atoms with Crippen LogP contribution in [0.15, 0.2) is 48.8 Å². The molecule has 1 amide bonds. The van der Waals surface area contributed by atoms with Crippen molar-refractivity contribution in [2.75, 3.05) is 26.2 Å². The summed E-state index contributed by atoms with van der Waals surface area (Å²) in [7, 11) is 0. The predicted molar refractivity (Wildman–Crippen MR) is 108 cm³/mol. The minimum Gasteiger partial charge on any atom is -0.338 e. The van der Waals surface area contributed by atoms with Crippen LogP contribution >= 0.6 is 11.6 Å². The number of nitrogens with zero attached hydrogens (tertiary/aromatic N) is 4. The van der Waals surface area contributed by atoms with Crippen molar-refractivity contribution in [3.63, 3.8) is 0 Å². The van der Waals surface area contributed by atoms with Gasteiger partial charge in [0.05, 0.1) is 17.4 Å². The summed E-state index contributed by atoms with van der Waals surface area (Å²) in [6.45, 7) is 5.42. The number of amides is 1. The molecule has 1 fully saturated rings. The normalized spacial score (nSPS) is 16.5. The molecule has 5 nitrogen and oxygen atoms in total. The Labute approximate surface area is 168 Å². The van der Waals surface area contributed by atoms with Gasteiger partial charge in [0.2, 0.25) is 5.91 Å². The number of para-hydroxylation sites is 2. The average molecular weight is 401 g/mol. The van der Waals surface area contributed by atoms with Crippen molar-refractivity contribution in [3.05, 3.63) is 65.2 Å². The molecule has 28 heavy (non-hydrogen) atoms. The fourth-order valence-corrected chi connectivity index (χ4v) is 3.91. The van der Waals surface area contributed by atoms with E-state index in [4.69, 9.17) is 11.6 Å². The first-order chi connectivity index (χ1) is 13.5. The third-order valence-electron chi connectivity index (χ3n) is 5.35. The van der Waals surface area contributed by atoms with Crippen LogP contribution in [0.5, 0.6) is 0 Å². The lowest BCUT2D eigenvalue weighted by Gasteiger charge is -2.36. The van der Waals surface area contributed by atoms with Crippen molar-refractivity contribution in [3.8, 4) is 0 Å². The average Bonchev–Trinajstić information content (AvgIpc) is 3.14. The van der Waals surface area contributed by atoms with E-state index in [1.165, 1.54) is 12.1 Å². The summed E-state index contributed by atoms with van der Waals surface area (Å²) in [6, 6.07) is 12.0. The van der Waals surface area contributed by atoms with E-state index >= 15 is 0 Å². The molecule has 146 valence electrons. The summed E-state index contributed by atoms with van der Waals surface area (Å²) in [4.78, 5) is 21.5. The van der Waals surface area contributed by atoms with Gasteiger partial charge in [-0.05, 0) is 36.8 Å². The second-order valence-electron chi connectivity index (χ2n) is 7.15. The number of hydrogen-bond donors (Lipinski definition) is 0. The Bertz CT molecular complexity index is 997. The number of carbonyl (C=O) groups excluding carboxylic acids is 1. The molecule has 0 saturated carbocycles. The summed E-state index contributed by atoms with van der Waals surface area (Å²) in [5, 5.41) is 0.444. The summed E-state index contributed by atoms with van der Waals surface area (Å²) in [5.41, 5.74) is 2.76. The molecule has 4 rings (SSSR count). The summed E-state index contributed by atoms with van der Waals surface area (Å²) < 4.78 is 15.1. The first-order valence-electron chi connectivity index (χ1n) is 9.39. The van der Waals surface area contributed by atoms with Gasteiger partial charge in [0.15, 0.2) is 0 Å². The fourth-order valence-electron chi connectivity index (χ4n) is 3.69. The third-order valence-corrected chi connectivity index (χ3v) is 5.70. The van der Waals surface area contributed by atoms with E-state index < -0.39 is 0 Å². The van der Waals surface area contributed by atoms with Gasteiger partial charge in [-0.2, -0.15) is 0 Å². The minimum absolute atomic E-state index is 0.0996. The maximum atomic E-state index is 13.2. The van der Waals surface area contributed by atoms with E-state index in [1.54, 1.807) is 12.4 Å². The van der Waals surface area contributed by atoms with E-state index in [1.807, 2.05) is 40.7 Å². The first-order valence-corrected chi connectivity index (χ1v) is 9.77. The third kappa shape index (κ3) is 3.75. The Morgan fingerprint density at radius 3 is 2.68 bits per heavy atom. The molecule has 1 unspecified atom stereocenters. The number of imidazole rings is 1. The van der Waals surface area contributed by atoms with Gasteiger partial charge >= 0.3 is 0 Å². The largest absolute Gasteiger partial charge is 0.338 e. The molecule has 0 N–H and O–H groups in total. The predicted octanol–water partition coefficient (Wildman–Crippen LogP) is 3.73. The Kier molecular flexibility index (Phi) is 5.33. The summed E-state index contributed by atoms with van der Waals surface area (Å²) in [6.07, 6.45) is 1.74. The van der Waals surface area contributed by atoms with Gasteiger partial charge in [0.25, 0.3) is 0 Å². The number of halogens is 2. The molecule has 2 aromatic carbocycles. The Hall–Kier alpha value is -2.44. The molecule has 7 heteroatoms. The fraction of sp³-hybridized carbons (Fsp3) is 0.333. The number of carbonyl (C=O) groups is 1. The molecule has 1 aromatic heterocycles. The van der Waals surface area contributed by atoms with Crippen LogP contribution in [-0.2, 0) is 11.3 Å². The van der Waals surface area contributed by atoms with Crippen molar-refractivity contribution in [1.29, 1.82) is 0 Å². The van der Waals surface area contributed by atoms with Crippen molar-refractivity contribution >= 4 is 28.5 Å². The van der Waals surface area contributed by atoms with Gasteiger partial charge in [0.1, 0.15) is 11.9 Å². The van der Waals surface area contributed by atoms with Crippen LogP contribution in [0.25, 0.3) is 11.0 Å². The van der Waals surface area contributed by atoms with Crippen LogP contribution in [0.4, 0.5) is 4.39 Å². The van der Waals surface area contributed by atoms with Crippen LogP contribution < -0.4 is 0 Å². The van der Waals surface area contributed by atoms with Gasteiger partial charge in [0, 0.05) is 37.7 Å². The van der Waals surface area contributed by atoms with Crippen LogP contribution in [0.2, 0.25) is 5.02 Å². The van der Waals surface area contributed by atoms with Crippen LogP contribution in [0.3, 0.4) is 0 Å². The Morgan fingerprint density at radius 2 is 1.93 bits per heavy atom. The molecule has 0 radical (unpaired) electrons. The lowest BCUT2D eigenvalue weighted by atomic mass is 10.1. The molecule has 0 spiro atoms. The smallest absolute Gasteiger partial charge is 0.245 e. The topological polar surface area (TPSA) is 41.4 Å². The molecule has 1 saturated heterocycles. The summed E-state index contributed by atoms with van der Waals surface area (Å²) in [5.74, 6) is -0.229. The molecule has 0 aliphatic carbocycles. The number of fused-ring (bicyclic) bond motifs is 1. The number of hydrogen-bond acceptors (Lipinski definition) is 3. The molecular formula is C21H22ClFN4O. The molecule has 3 aromatic rings. The van der Waals surface area contributed by atoms with Crippen molar-refractivity contribution in [2.24, 2.45) is 0 Å². The van der Waals surface area contributed by atoms with Gasteiger partial charge in [-0.25, -0.2) is 9.37 Å². The maximum absolute atomic E-state index is 13.2. The second-order valence-corrected chi connectivity index (χ2v) is 7.56. The lowest BCUT2D eigenvalue weighted by Crippen LogP contribution is -2.49. The Balaban J connectivity index is 1.38. The van der Waals surface area contributed by atoms with Gasteiger partial charge in [-0.3, -0.25) is 9.69 Å². The van der Waals surface area contributed by atoms with Gasteiger partial charge in [-0.15, -0.1) is 0 Å². The van der Waals surface area contributed by atoms with E-state index in [0.717, 1.165) is 29.7 Å². The zero-order chi connectivity index (χ0) is 19.7. The standard InChI is InChI=1S/C21H22ClFN4O/c1-15(27-14-24-19-4-2-3-5-20(19)27)21(28)26-10-8-25(9-11-26)13-16-6-7-17(23)12-18(16)22/h2-7,12,14-15H,8-11,13H2,1H3. The van der Waals surface area contributed by atoms with Crippen LogP contribution in [0, 0.1) is 5.82 Å². The SMILES string of the molecule is CC(C(=O)N1CCN(Cc2ccc(F)cc2Cl)CC1)n1cnc2ccccc21. The van der Waals surface area contributed by atoms with E-state index in [2.05, 4.69) is 9.88 Å². The Morgan fingerprint density at radius 1 is 1.18 bits per heavy atom. The van der Waals surface area contributed by atoms with Crippen LogP contribution in [0.1, 0.15) is 18.5 Å². The van der Waals surface area contributed by atoms with Crippen molar-refractivity contribution in [2.45, 2.75) is 19.5 Å². The molecule has 2 heterocycles. The van der Waals surface area contributed by atoms with E-state index in [9.17, 15) is 9.18 Å². The molecule has 1 atom stereocenters. The maximum Gasteiger partial charge on any atom is 0.245 e. The van der Waals surface area contributed by atoms with Crippen molar-refractivity contribution in [1.82, 2.24) is 19.4 Å². The van der Waals surface area contributed by atoms with Crippen LogP contribution in [-0.4, -0.2) is 51.4 Å². The molecule has 1 aliphatic rings. The number of benzene rings is 2.